The maximum Gasteiger partial charge on any atom is 0.212 e. The summed E-state index contributed by atoms with van der Waals surface area (Å²) >= 11 is 0. The van der Waals surface area contributed by atoms with Crippen molar-refractivity contribution in [1.82, 2.24) is 10.0 Å². The van der Waals surface area contributed by atoms with Crippen LogP contribution >= 0.6 is 0 Å². The molecular formula is C15H24N2O2S. The Morgan fingerprint density at radius 2 is 2.10 bits per heavy atom. The van der Waals surface area contributed by atoms with Gasteiger partial charge in [0.1, 0.15) is 0 Å². The van der Waals surface area contributed by atoms with Gasteiger partial charge in [-0.25, -0.2) is 13.1 Å². The molecule has 1 saturated heterocycles. The summed E-state index contributed by atoms with van der Waals surface area (Å²) in [5.41, 5.74) is 1.06. The van der Waals surface area contributed by atoms with Crippen molar-refractivity contribution in [1.29, 1.82) is 0 Å². The van der Waals surface area contributed by atoms with Crippen molar-refractivity contribution in [2.24, 2.45) is 5.92 Å². The van der Waals surface area contributed by atoms with E-state index in [1.54, 1.807) is 0 Å². The summed E-state index contributed by atoms with van der Waals surface area (Å²) in [6.07, 6.45) is 2.78. The lowest BCUT2D eigenvalue weighted by Crippen LogP contribution is -2.45. The summed E-state index contributed by atoms with van der Waals surface area (Å²) in [4.78, 5) is 0. The Morgan fingerprint density at radius 3 is 2.75 bits per heavy atom. The molecule has 0 aromatic heterocycles. The molecular weight excluding hydrogens is 272 g/mol. The lowest BCUT2D eigenvalue weighted by atomic mass is 9.94. The van der Waals surface area contributed by atoms with Crippen LogP contribution in [0, 0.1) is 5.92 Å². The summed E-state index contributed by atoms with van der Waals surface area (Å²) in [6, 6.07) is 9.74. The molecule has 4 nitrogen and oxygen atoms in total. The minimum Gasteiger partial charge on any atom is -0.316 e. The van der Waals surface area contributed by atoms with Gasteiger partial charge in [0.05, 0.1) is 5.75 Å². The highest BCUT2D eigenvalue weighted by Gasteiger charge is 2.23. The minimum atomic E-state index is -3.21. The molecule has 0 saturated carbocycles. The fourth-order valence-corrected chi connectivity index (χ4v) is 4.02. The van der Waals surface area contributed by atoms with E-state index in [1.165, 1.54) is 0 Å². The van der Waals surface area contributed by atoms with Crippen LogP contribution in [0.4, 0.5) is 0 Å². The smallest absolute Gasteiger partial charge is 0.212 e. The van der Waals surface area contributed by atoms with Crippen LogP contribution in [0.2, 0.25) is 0 Å². The predicted molar refractivity (Wildman–Crippen MR) is 82.1 cm³/mol. The largest absolute Gasteiger partial charge is 0.316 e. The average molecular weight is 296 g/mol. The van der Waals surface area contributed by atoms with Gasteiger partial charge in [0.2, 0.25) is 10.0 Å². The van der Waals surface area contributed by atoms with E-state index in [-0.39, 0.29) is 11.8 Å². The molecule has 1 fully saturated rings. The van der Waals surface area contributed by atoms with Gasteiger partial charge in [0.25, 0.3) is 0 Å². The summed E-state index contributed by atoms with van der Waals surface area (Å²) in [6.45, 7) is 3.92. The third-order valence-corrected chi connectivity index (χ3v) is 5.38. The highest BCUT2D eigenvalue weighted by atomic mass is 32.2. The second-order valence-electron chi connectivity index (χ2n) is 5.57. The lowest BCUT2D eigenvalue weighted by molar-refractivity contribution is 0.320. The highest BCUT2D eigenvalue weighted by Crippen LogP contribution is 2.15. The van der Waals surface area contributed by atoms with Crippen molar-refractivity contribution in [3.63, 3.8) is 0 Å². The van der Waals surface area contributed by atoms with Crippen LogP contribution in [0.5, 0.6) is 0 Å². The van der Waals surface area contributed by atoms with Crippen LogP contribution in [0.1, 0.15) is 25.3 Å². The van der Waals surface area contributed by atoms with Crippen molar-refractivity contribution in [3.8, 4) is 0 Å². The van der Waals surface area contributed by atoms with Gasteiger partial charge in [-0.05, 0) is 50.8 Å². The molecule has 2 unspecified atom stereocenters. The van der Waals surface area contributed by atoms with Crippen molar-refractivity contribution in [2.75, 3.05) is 18.8 Å². The van der Waals surface area contributed by atoms with Gasteiger partial charge in [0, 0.05) is 6.04 Å². The third-order valence-electron chi connectivity index (χ3n) is 3.91. The van der Waals surface area contributed by atoms with Crippen molar-refractivity contribution in [3.05, 3.63) is 35.9 Å². The van der Waals surface area contributed by atoms with Crippen molar-refractivity contribution >= 4 is 10.0 Å². The topological polar surface area (TPSA) is 58.2 Å². The number of hydrogen-bond donors (Lipinski definition) is 2. The number of sulfonamides is 1. The van der Waals surface area contributed by atoms with Gasteiger partial charge in [-0.15, -0.1) is 0 Å². The molecule has 0 radical (unpaired) electrons. The summed E-state index contributed by atoms with van der Waals surface area (Å²) < 4.78 is 27.1. The quantitative estimate of drug-likeness (QED) is 0.837. The second kappa shape index (κ2) is 7.20. The van der Waals surface area contributed by atoms with Crippen molar-refractivity contribution < 1.29 is 8.42 Å². The zero-order valence-electron chi connectivity index (χ0n) is 12.0. The Labute approximate surface area is 122 Å². The summed E-state index contributed by atoms with van der Waals surface area (Å²) in [5, 5.41) is 3.32. The predicted octanol–water partition coefficient (Wildman–Crippen LogP) is 1.54. The van der Waals surface area contributed by atoms with Crippen molar-refractivity contribution in [2.45, 2.75) is 32.2 Å². The molecule has 1 aromatic carbocycles. The van der Waals surface area contributed by atoms with E-state index in [0.717, 1.165) is 31.5 Å². The van der Waals surface area contributed by atoms with Gasteiger partial charge >= 0.3 is 0 Å². The van der Waals surface area contributed by atoms with Gasteiger partial charge in [-0.3, -0.25) is 0 Å². The molecule has 2 atom stereocenters. The molecule has 5 heteroatoms. The van der Waals surface area contributed by atoms with Gasteiger partial charge in [-0.1, -0.05) is 30.3 Å². The lowest BCUT2D eigenvalue weighted by Gasteiger charge is -2.28. The van der Waals surface area contributed by atoms with Gasteiger partial charge < -0.3 is 5.32 Å². The van der Waals surface area contributed by atoms with E-state index in [0.29, 0.717) is 12.3 Å². The molecule has 0 aliphatic carbocycles. The SMILES string of the molecule is CC(NS(=O)(=O)CCc1ccccc1)C1CCCNC1. The molecule has 2 rings (SSSR count). The normalized spacial score (nSPS) is 21.6. The Bertz CT molecular complexity index is 496. The fourth-order valence-electron chi connectivity index (χ4n) is 2.64. The van der Waals surface area contributed by atoms with Crippen LogP contribution in [0.15, 0.2) is 30.3 Å². The molecule has 1 heterocycles. The maximum atomic E-state index is 12.1. The average Bonchev–Trinajstić information content (AvgIpc) is 2.47. The van der Waals surface area contributed by atoms with Crippen LogP contribution in [0.25, 0.3) is 0 Å². The van der Waals surface area contributed by atoms with E-state index in [1.807, 2.05) is 37.3 Å². The monoisotopic (exact) mass is 296 g/mol. The first-order chi connectivity index (χ1) is 9.57. The Kier molecular flexibility index (Phi) is 5.57. The van der Waals surface area contributed by atoms with E-state index in [9.17, 15) is 8.42 Å². The second-order valence-corrected chi connectivity index (χ2v) is 7.44. The number of hydrogen-bond acceptors (Lipinski definition) is 3. The molecule has 0 bridgehead atoms. The number of nitrogens with one attached hydrogen (secondary N) is 2. The molecule has 20 heavy (non-hydrogen) atoms. The number of piperidine rings is 1. The van der Waals surface area contributed by atoms with E-state index >= 15 is 0 Å². The van der Waals surface area contributed by atoms with Crippen LogP contribution in [0.3, 0.4) is 0 Å². The first-order valence-corrected chi connectivity index (χ1v) is 8.97. The zero-order valence-corrected chi connectivity index (χ0v) is 12.8. The fraction of sp³-hybridized carbons (Fsp3) is 0.600. The standard InChI is InChI=1S/C15H24N2O2S/c1-13(15-8-5-10-16-12-15)17-20(18,19)11-9-14-6-3-2-4-7-14/h2-4,6-7,13,15-17H,5,8-12H2,1H3. The Hall–Kier alpha value is -0.910. The molecule has 1 aliphatic heterocycles. The first kappa shape index (κ1) is 15.5. The van der Waals surface area contributed by atoms with Crippen LogP contribution < -0.4 is 10.0 Å². The summed E-state index contributed by atoms with van der Waals surface area (Å²) in [5.74, 6) is 0.553. The molecule has 2 N–H and O–H groups in total. The minimum absolute atomic E-state index is 0.00331. The molecule has 0 amide bonds. The number of aryl methyl sites for hydroxylation is 1. The molecule has 112 valence electrons. The molecule has 0 spiro atoms. The van der Waals surface area contributed by atoms with Gasteiger partial charge in [0.15, 0.2) is 0 Å². The van der Waals surface area contributed by atoms with Crippen LogP contribution in [-0.2, 0) is 16.4 Å². The summed E-state index contributed by atoms with van der Waals surface area (Å²) in [7, 11) is -3.21. The van der Waals surface area contributed by atoms with Crippen LogP contribution in [-0.4, -0.2) is 33.3 Å². The maximum absolute atomic E-state index is 12.1. The van der Waals surface area contributed by atoms with Gasteiger partial charge in [-0.2, -0.15) is 0 Å². The number of benzene rings is 1. The molecule has 1 aromatic rings. The Balaban J connectivity index is 1.83. The Morgan fingerprint density at radius 1 is 1.35 bits per heavy atom. The van der Waals surface area contributed by atoms with E-state index in [4.69, 9.17) is 0 Å². The highest BCUT2D eigenvalue weighted by molar-refractivity contribution is 7.89. The van der Waals surface area contributed by atoms with E-state index < -0.39 is 10.0 Å². The first-order valence-electron chi connectivity index (χ1n) is 7.31. The molecule has 1 aliphatic rings. The van der Waals surface area contributed by atoms with E-state index in [2.05, 4.69) is 10.0 Å². The number of rotatable bonds is 6. The zero-order chi connectivity index (χ0) is 14.4. The third kappa shape index (κ3) is 4.89.